The highest BCUT2D eigenvalue weighted by Gasteiger charge is 1.93. The van der Waals surface area contributed by atoms with E-state index in [4.69, 9.17) is 5.73 Å². The molecule has 0 saturated carbocycles. The molecule has 0 aliphatic heterocycles. The lowest BCUT2D eigenvalue weighted by atomic mass is 10.3. The first-order valence-corrected chi connectivity index (χ1v) is 2.52. The minimum Gasteiger partial charge on any atom is -0.635 e. The first-order valence-electron chi connectivity index (χ1n) is 2.52. The fourth-order valence-corrected chi connectivity index (χ4v) is 0.401. The SMILES string of the molecule is CCCC(N)[NH2+][O-]. The van der Waals surface area contributed by atoms with Gasteiger partial charge in [0, 0.05) is 6.42 Å². The number of rotatable bonds is 3. The summed E-state index contributed by atoms with van der Waals surface area (Å²) in [4.78, 5) is 0. The third-order valence-electron chi connectivity index (χ3n) is 0.797. The van der Waals surface area contributed by atoms with Crippen molar-refractivity contribution < 1.29 is 5.48 Å². The summed E-state index contributed by atoms with van der Waals surface area (Å²) in [5.74, 6) is 0. The van der Waals surface area contributed by atoms with E-state index in [0.29, 0.717) is 0 Å². The molecular weight excluding hydrogens is 92.1 g/mol. The molecule has 0 bridgehead atoms. The van der Waals surface area contributed by atoms with Crippen molar-refractivity contribution in [3.05, 3.63) is 5.21 Å². The van der Waals surface area contributed by atoms with E-state index >= 15 is 0 Å². The highest BCUT2D eigenvalue weighted by Crippen LogP contribution is 1.82. The molecule has 0 radical (unpaired) electrons. The van der Waals surface area contributed by atoms with Crippen molar-refractivity contribution in [2.45, 2.75) is 25.9 Å². The maximum atomic E-state index is 9.77. The summed E-state index contributed by atoms with van der Waals surface area (Å²) in [6.07, 6.45) is 1.56. The molecule has 0 spiro atoms. The molecule has 1 unspecified atom stereocenters. The lowest BCUT2D eigenvalue weighted by Gasteiger charge is -2.08. The predicted octanol–water partition coefficient (Wildman–Crippen LogP) is -0.867. The molecule has 1 atom stereocenters. The average Bonchev–Trinajstić information content (AvgIpc) is 1.68. The largest absolute Gasteiger partial charge is 0.635 e. The molecule has 3 heteroatoms. The van der Waals surface area contributed by atoms with Gasteiger partial charge in [-0.3, -0.25) is 5.73 Å². The number of quaternary nitrogens is 1. The zero-order valence-corrected chi connectivity index (χ0v) is 4.55. The van der Waals surface area contributed by atoms with Gasteiger partial charge in [-0.05, 0) is 6.42 Å². The molecule has 0 aromatic carbocycles. The van der Waals surface area contributed by atoms with Gasteiger partial charge in [-0.1, -0.05) is 6.92 Å². The average molecular weight is 104 g/mol. The fourth-order valence-electron chi connectivity index (χ4n) is 0.401. The molecule has 0 rings (SSSR count). The van der Waals surface area contributed by atoms with Crippen molar-refractivity contribution >= 4 is 0 Å². The minimum atomic E-state index is -0.231. The number of hydrogen-bond acceptors (Lipinski definition) is 2. The van der Waals surface area contributed by atoms with Crippen LogP contribution in [0.4, 0.5) is 0 Å². The Morgan fingerprint density at radius 3 is 2.57 bits per heavy atom. The Balaban J connectivity index is 2.83. The van der Waals surface area contributed by atoms with Crippen LogP contribution in [-0.2, 0) is 0 Å². The molecule has 0 heterocycles. The quantitative estimate of drug-likeness (QED) is 0.361. The summed E-state index contributed by atoms with van der Waals surface area (Å²) in [5.41, 5.74) is 6.00. The topological polar surface area (TPSA) is 65.7 Å². The van der Waals surface area contributed by atoms with Crippen LogP contribution in [0.5, 0.6) is 0 Å². The predicted molar refractivity (Wildman–Crippen MR) is 28.2 cm³/mol. The van der Waals surface area contributed by atoms with E-state index in [-0.39, 0.29) is 6.17 Å². The summed E-state index contributed by atoms with van der Waals surface area (Å²) in [7, 11) is 0. The van der Waals surface area contributed by atoms with Gasteiger partial charge in [0.2, 0.25) is 0 Å². The van der Waals surface area contributed by atoms with Crippen molar-refractivity contribution in [3.8, 4) is 0 Å². The van der Waals surface area contributed by atoms with E-state index in [1.165, 1.54) is 0 Å². The Bertz CT molecular complexity index is 40.7. The zero-order chi connectivity index (χ0) is 5.70. The van der Waals surface area contributed by atoms with Crippen LogP contribution in [0.3, 0.4) is 0 Å². The van der Waals surface area contributed by atoms with Gasteiger partial charge in [-0.25, -0.2) is 0 Å². The van der Waals surface area contributed by atoms with E-state index in [0.717, 1.165) is 18.3 Å². The maximum absolute atomic E-state index is 9.77. The second-order valence-electron chi connectivity index (χ2n) is 1.59. The van der Waals surface area contributed by atoms with Gasteiger partial charge in [-0.2, -0.15) is 0 Å². The maximum Gasteiger partial charge on any atom is 0.136 e. The molecular formula is C4H12N2O. The first-order chi connectivity index (χ1) is 3.31. The van der Waals surface area contributed by atoms with Crippen LogP contribution in [-0.4, -0.2) is 6.17 Å². The van der Waals surface area contributed by atoms with Gasteiger partial charge in [0.15, 0.2) is 0 Å². The van der Waals surface area contributed by atoms with E-state index in [1.807, 2.05) is 6.92 Å². The Kier molecular flexibility index (Phi) is 3.98. The Labute approximate surface area is 43.5 Å². The standard InChI is InChI=1S/C4H12N2O/c1-2-3-4(5)6-7/h4H,2-3,5-6H2,1H3. The van der Waals surface area contributed by atoms with E-state index in [9.17, 15) is 5.21 Å². The highest BCUT2D eigenvalue weighted by atomic mass is 16.5. The second-order valence-corrected chi connectivity index (χ2v) is 1.59. The molecule has 0 aromatic rings. The molecule has 0 aliphatic rings. The summed E-state index contributed by atoms with van der Waals surface area (Å²) < 4.78 is 0. The van der Waals surface area contributed by atoms with Gasteiger partial charge in [0.1, 0.15) is 6.17 Å². The summed E-state index contributed by atoms with van der Waals surface area (Å²) >= 11 is 0. The third-order valence-corrected chi connectivity index (χ3v) is 0.797. The van der Waals surface area contributed by atoms with Crippen molar-refractivity contribution in [1.82, 2.24) is 0 Å². The van der Waals surface area contributed by atoms with Gasteiger partial charge in [-0.15, -0.1) is 0 Å². The van der Waals surface area contributed by atoms with E-state index < -0.39 is 0 Å². The van der Waals surface area contributed by atoms with Gasteiger partial charge >= 0.3 is 0 Å². The first kappa shape index (κ1) is 6.88. The van der Waals surface area contributed by atoms with E-state index in [1.54, 1.807) is 0 Å². The minimum absolute atomic E-state index is 0.231. The van der Waals surface area contributed by atoms with Crippen LogP contribution in [0.15, 0.2) is 0 Å². The molecule has 0 aliphatic carbocycles. The molecule has 3 nitrogen and oxygen atoms in total. The van der Waals surface area contributed by atoms with Crippen molar-refractivity contribution in [2.75, 3.05) is 0 Å². The number of nitrogens with two attached hydrogens (primary N) is 2. The molecule has 0 aromatic heterocycles. The molecule has 4 N–H and O–H groups in total. The third kappa shape index (κ3) is 3.72. The summed E-state index contributed by atoms with van der Waals surface area (Å²) in [5, 5.41) is 9.77. The monoisotopic (exact) mass is 104 g/mol. The van der Waals surface area contributed by atoms with Crippen LogP contribution in [0.1, 0.15) is 19.8 Å². The van der Waals surface area contributed by atoms with Crippen molar-refractivity contribution in [1.29, 1.82) is 0 Å². The van der Waals surface area contributed by atoms with Gasteiger partial charge < -0.3 is 10.7 Å². The second kappa shape index (κ2) is 4.05. The Hall–Kier alpha value is -0.120. The van der Waals surface area contributed by atoms with Crippen LogP contribution in [0, 0.1) is 5.21 Å². The van der Waals surface area contributed by atoms with Crippen LogP contribution in [0.2, 0.25) is 0 Å². The van der Waals surface area contributed by atoms with Crippen molar-refractivity contribution in [2.24, 2.45) is 5.73 Å². The molecule has 0 amide bonds. The van der Waals surface area contributed by atoms with E-state index in [2.05, 4.69) is 0 Å². The van der Waals surface area contributed by atoms with Crippen LogP contribution in [0.25, 0.3) is 0 Å². The lowest BCUT2D eigenvalue weighted by molar-refractivity contribution is -0.627. The molecule has 0 fully saturated rings. The fraction of sp³-hybridized carbons (Fsp3) is 1.00. The molecule has 0 saturated heterocycles. The van der Waals surface area contributed by atoms with Crippen LogP contribution >= 0.6 is 0 Å². The van der Waals surface area contributed by atoms with Gasteiger partial charge in [0.05, 0.1) is 0 Å². The summed E-state index contributed by atoms with van der Waals surface area (Å²) in [6, 6.07) is 0. The van der Waals surface area contributed by atoms with Crippen LogP contribution < -0.4 is 11.2 Å². The Morgan fingerprint density at radius 1 is 1.86 bits per heavy atom. The number of hydroxylamine groups is 1. The molecule has 7 heavy (non-hydrogen) atoms. The number of hydrogen-bond donors (Lipinski definition) is 2. The normalized spacial score (nSPS) is 14.1. The summed E-state index contributed by atoms with van der Waals surface area (Å²) in [6.45, 7) is 2.00. The van der Waals surface area contributed by atoms with Crippen molar-refractivity contribution in [3.63, 3.8) is 0 Å². The zero-order valence-electron chi connectivity index (χ0n) is 4.55. The highest BCUT2D eigenvalue weighted by molar-refractivity contribution is 4.38. The Morgan fingerprint density at radius 2 is 2.43 bits per heavy atom. The molecule has 44 valence electrons. The lowest BCUT2D eigenvalue weighted by Crippen LogP contribution is -2.87. The van der Waals surface area contributed by atoms with Gasteiger partial charge in [0.25, 0.3) is 0 Å². The smallest absolute Gasteiger partial charge is 0.136 e.